The van der Waals surface area contributed by atoms with E-state index in [1.165, 1.54) is 7.11 Å². The van der Waals surface area contributed by atoms with Crippen LogP contribution < -0.4 is 0 Å². The quantitative estimate of drug-likeness (QED) is 0.205. The molecule has 0 saturated carbocycles. The van der Waals surface area contributed by atoms with Crippen LogP contribution in [0.4, 0.5) is 0 Å². The number of hydrogen-bond acceptors (Lipinski definition) is 4. The zero-order chi connectivity index (χ0) is 10.1. The summed E-state index contributed by atoms with van der Waals surface area (Å²) in [5, 5.41) is 0. The Kier molecular flexibility index (Phi) is 6.56. The molecule has 0 N–H and O–H groups in total. The maximum Gasteiger partial charge on any atom is 0.388 e. The molecule has 0 unspecified atom stereocenters. The highest BCUT2D eigenvalue weighted by Gasteiger charge is 2.10. The predicted octanol–water partition coefficient (Wildman–Crippen LogP) is 0.159. The molecule has 4 nitrogen and oxygen atoms in total. The highest BCUT2D eigenvalue weighted by molar-refractivity contribution is 6.40. The molecule has 0 radical (unpaired) electrons. The first-order valence-corrected chi connectivity index (χ1v) is 3.91. The van der Waals surface area contributed by atoms with Gasteiger partial charge in [-0.1, -0.05) is 5.92 Å². The van der Waals surface area contributed by atoms with Gasteiger partial charge in [0.05, 0.1) is 13.2 Å². The van der Waals surface area contributed by atoms with E-state index in [2.05, 4.69) is 16.6 Å². The average Bonchev–Trinajstić information content (AvgIpc) is 2.12. The molecular weight excluding hydrogens is 172 g/mol. The van der Waals surface area contributed by atoms with Crippen LogP contribution in [0, 0.1) is 11.8 Å². The molecule has 0 aliphatic rings. The van der Waals surface area contributed by atoms with Crippen LogP contribution in [0.15, 0.2) is 0 Å². The number of ketones is 1. The van der Waals surface area contributed by atoms with E-state index < -0.39 is 11.8 Å². The lowest BCUT2D eigenvalue weighted by Gasteiger charge is -1.93. The van der Waals surface area contributed by atoms with Crippen LogP contribution >= 0.6 is 0 Å². The molecule has 72 valence electrons. The van der Waals surface area contributed by atoms with Crippen LogP contribution in [0.25, 0.3) is 0 Å². The van der Waals surface area contributed by atoms with E-state index in [0.717, 1.165) is 0 Å². The van der Waals surface area contributed by atoms with E-state index in [9.17, 15) is 9.59 Å². The first-order chi connectivity index (χ1) is 6.22. The summed E-state index contributed by atoms with van der Waals surface area (Å²) in [4.78, 5) is 21.5. The van der Waals surface area contributed by atoms with E-state index in [1.807, 2.05) is 0 Å². The van der Waals surface area contributed by atoms with Gasteiger partial charge in [-0.05, 0) is 12.8 Å². The van der Waals surface area contributed by atoms with E-state index in [-0.39, 0.29) is 6.61 Å². The summed E-state index contributed by atoms with van der Waals surface area (Å²) in [7, 11) is 1.54. The zero-order valence-electron chi connectivity index (χ0n) is 7.75. The van der Waals surface area contributed by atoms with Crippen LogP contribution in [-0.2, 0) is 19.1 Å². The van der Waals surface area contributed by atoms with Gasteiger partial charge in [-0.25, -0.2) is 4.79 Å². The minimum atomic E-state index is -0.896. The average molecular weight is 184 g/mol. The van der Waals surface area contributed by atoms with Crippen LogP contribution in [-0.4, -0.2) is 32.1 Å². The Labute approximate surface area is 77.2 Å². The fraction of sp³-hybridized carbons (Fsp3) is 0.556. The van der Waals surface area contributed by atoms with Crippen molar-refractivity contribution >= 4 is 11.8 Å². The zero-order valence-corrected chi connectivity index (χ0v) is 7.75. The standard InChI is InChI=1S/C9H12O4/c1-3-13-9(11)8(10)6-4-5-7-12-2/h3,5,7H2,1-2H3. The first-order valence-electron chi connectivity index (χ1n) is 3.91. The van der Waals surface area contributed by atoms with Gasteiger partial charge in [0.15, 0.2) is 0 Å². The number of methoxy groups -OCH3 is 1. The summed E-state index contributed by atoms with van der Waals surface area (Å²) >= 11 is 0. The van der Waals surface area contributed by atoms with Crippen molar-refractivity contribution in [3.05, 3.63) is 0 Å². The molecule has 0 saturated heterocycles. The number of esters is 1. The summed E-state index contributed by atoms with van der Waals surface area (Å²) < 4.78 is 9.14. The summed E-state index contributed by atoms with van der Waals surface area (Å²) in [6.07, 6.45) is 0.432. The lowest BCUT2D eigenvalue weighted by molar-refractivity contribution is -0.150. The van der Waals surface area contributed by atoms with Gasteiger partial charge in [0.1, 0.15) is 0 Å². The summed E-state index contributed by atoms with van der Waals surface area (Å²) in [6, 6.07) is 0. The summed E-state index contributed by atoms with van der Waals surface area (Å²) in [5.41, 5.74) is 0. The third-order valence-electron chi connectivity index (χ3n) is 1.09. The summed E-state index contributed by atoms with van der Waals surface area (Å²) in [6.45, 7) is 2.26. The van der Waals surface area contributed by atoms with Crippen LogP contribution in [0.5, 0.6) is 0 Å². The molecule has 0 rings (SSSR count). The number of carbonyl (C=O) groups is 2. The lowest BCUT2D eigenvalue weighted by atomic mass is 10.3. The Morgan fingerprint density at radius 1 is 1.38 bits per heavy atom. The van der Waals surface area contributed by atoms with Crippen molar-refractivity contribution in [1.29, 1.82) is 0 Å². The molecule has 0 amide bonds. The molecule has 0 fully saturated rings. The molecule has 4 heteroatoms. The minimum Gasteiger partial charge on any atom is -0.459 e. The Bertz CT molecular complexity index is 234. The van der Waals surface area contributed by atoms with Gasteiger partial charge >= 0.3 is 11.8 Å². The lowest BCUT2D eigenvalue weighted by Crippen LogP contribution is -2.15. The molecule has 13 heavy (non-hydrogen) atoms. The molecular formula is C9H12O4. The molecule has 0 aromatic carbocycles. The number of ether oxygens (including phenoxy) is 2. The molecule has 0 spiro atoms. The van der Waals surface area contributed by atoms with E-state index >= 15 is 0 Å². The van der Waals surface area contributed by atoms with Crippen LogP contribution in [0.3, 0.4) is 0 Å². The van der Waals surface area contributed by atoms with Crippen molar-refractivity contribution < 1.29 is 19.1 Å². The highest BCUT2D eigenvalue weighted by Crippen LogP contribution is 1.81. The second kappa shape index (κ2) is 7.32. The normalized spacial score (nSPS) is 8.46. The third kappa shape index (κ3) is 5.88. The maximum atomic E-state index is 10.8. The van der Waals surface area contributed by atoms with Gasteiger partial charge in [-0.3, -0.25) is 4.79 Å². The Hall–Kier alpha value is -1.34. The second-order valence-corrected chi connectivity index (χ2v) is 2.09. The molecule has 0 atom stereocenters. The van der Waals surface area contributed by atoms with E-state index in [4.69, 9.17) is 4.74 Å². The number of carbonyl (C=O) groups excluding carboxylic acids is 2. The van der Waals surface area contributed by atoms with Crippen LogP contribution in [0.1, 0.15) is 13.3 Å². The first kappa shape index (κ1) is 11.7. The van der Waals surface area contributed by atoms with Gasteiger partial charge in [0.25, 0.3) is 0 Å². The van der Waals surface area contributed by atoms with Crippen molar-refractivity contribution in [3.63, 3.8) is 0 Å². The highest BCUT2D eigenvalue weighted by atomic mass is 16.5. The minimum absolute atomic E-state index is 0.185. The van der Waals surface area contributed by atoms with Gasteiger partial charge in [-0.15, -0.1) is 0 Å². The molecule has 0 aromatic heterocycles. The number of hydrogen-bond donors (Lipinski definition) is 0. The van der Waals surface area contributed by atoms with Crippen molar-refractivity contribution in [1.82, 2.24) is 0 Å². The molecule has 0 aliphatic carbocycles. The van der Waals surface area contributed by atoms with Crippen molar-refractivity contribution in [3.8, 4) is 11.8 Å². The van der Waals surface area contributed by atoms with E-state index in [0.29, 0.717) is 13.0 Å². The fourth-order valence-corrected chi connectivity index (χ4v) is 0.544. The van der Waals surface area contributed by atoms with Crippen LogP contribution in [0.2, 0.25) is 0 Å². The Morgan fingerprint density at radius 2 is 2.08 bits per heavy atom. The van der Waals surface area contributed by atoms with E-state index in [1.54, 1.807) is 6.92 Å². The van der Waals surface area contributed by atoms with Gasteiger partial charge in [0, 0.05) is 13.5 Å². The smallest absolute Gasteiger partial charge is 0.388 e. The second-order valence-electron chi connectivity index (χ2n) is 2.09. The van der Waals surface area contributed by atoms with Gasteiger partial charge in [-0.2, -0.15) is 0 Å². The molecule has 0 aromatic rings. The van der Waals surface area contributed by atoms with Crippen molar-refractivity contribution in [2.24, 2.45) is 0 Å². The monoisotopic (exact) mass is 184 g/mol. The SMILES string of the molecule is CCOC(=O)C(=O)C#CCCOC. The molecule has 0 heterocycles. The number of rotatable bonds is 4. The summed E-state index contributed by atoms with van der Waals surface area (Å²) in [5.74, 6) is 2.96. The van der Waals surface area contributed by atoms with Crippen molar-refractivity contribution in [2.45, 2.75) is 13.3 Å². The topological polar surface area (TPSA) is 52.6 Å². The largest absolute Gasteiger partial charge is 0.459 e. The number of Topliss-reactive ketones (excluding diaryl/α,β-unsaturated/α-hetero) is 1. The predicted molar refractivity (Wildman–Crippen MR) is 45.9 cm³/mol. The van der Waals surface area contributed by atoms with Gasteiger partial charge < -0.3 is 9.47 Å². The Morgan fingerprint density at radius 3 is 2.62 bits per heavy atom. The van der Waals surface area contributed by atoms with Crippen molar-refractivity contribution in [2.75, 3.05) is 20.3 Å². The Balaban J connectivity index is 3.82. The fourth-order valence-electron chi connectivity index (χ4n) is 0.544. The molecule has 0 bridgehead atoms. The third-order valence-corrected chi connectivity index (χ3v) is 1.09. The molecule has 0 aliphatic heterocycles. The van der Waals surface area contributed by atoms with Gasteiger partial charge in [0.2, 0.25) is 0 Å². The maximum absolute atomic E-state index is 10.8.